The maximum Gasteiger partial charge on any atom is 0.0497 e. The van der Waals surface area contributed by atoms with Crippen molar-refractivity contribution in [1.82, 2.24) is 0 Å². The maximum absolute atomic E-state index is 8.63. The van der Waals surface area contributed by atoms with Gasteiger partial charge in [-0.05, 0) is 44.1 Å². The molecule has 3 heteroatoms. The second-order valence-corrected chi connectivity index (χ2v) is 4.90. The lowest BCUT2D eigenvalue weighted by atomic mass is 9.97. The number of hydrogen-bond acceptors (Lipinski definition) is 3. The number of aliphatic hydroxyl groups is 1. The molecule has 0 aromatic rings. The standard InChI is InChI=1S/C13H27NO2/c14-10-12-6-5-7-13(12)11-16-9-4-2-1-3-8-15/h12-13,15H,1-11,14H2. The van der Waals surface area contributed by atoms with Crippen LogP contribution in [0.15, 0.2) is 0 Å². The molecule has 0 saturated heterocycles. The van der Waals surface area contributed by atoms with E-state index >= 15 is 0 Å². The minimum Gasteiger partial charge on any atom is -0.396 e. The molecular formula is C13H27NO2. The molecule has 0 heterocycles. The van der Waals surface area contributed by atoms with Crippen LogP contribution in [0.5, 0.6) is 0 Å². The summed E-state index contributed by atoms with van der Waals surface area (Å²) in [5.41, 5.74) is 5.73. The van der Waals surface area contributed by atoms with E-state index in [1.807, 2.05) is 0 Å². The first-order valence-corrected chi connectivity index (χ1v) is 6.77. The van der Waals surface area contributed by atoms with Crippen molar-refractivity contribution in [1.29, 1.82) is 0 Å². The number of unbranched alkanes of at least 4 members (excludes halogenated alkanes) is 3. The molecule has 16 heavy (non-hydrogen) atoms. The molecule has 0 spiro atoms. The monoisotopic (exact) mass is 229 g/mol. The lowest BCUT2D eigenvalue weighted by Crippen LogP contribution is -2.22. The average molecular weight is 229 g/mol. The van der Waals surface area contributed by atoms with Crippen molar-refractivity contribution in [2.24, 2.45) is 17.6 Å². The van der Waals surface area contributed by atoms with Crippen LogP contribution in [0.1, 0.15) is 44.9 Å². The van der Waals surface area contributed by atoms with Crippen LogP contribution in [0.25, 0.3) is 0 Å². The third-order valence-electron chi connectivity index (χ3n) is 3.65. The van der Waals surface area contributed by atoms with E-state index < -0.39 is 0 Å². The summed E-state index contributed by atoms with van der Waals surface area (Å²) < 4.78 is 5.71. The number of hydrogen-bond donors (Lipinski definition) is 2. The average Bonchev–Trinajstić information content (AvgIpc) is 2.75. The second-order valence-electron chi connectivity index (χ2n) is 4.90. The van der Waals surface area contributed by atoms with Crippen LogP contribution in [0.4, 0.5) is 0 Å². The van der Waals surface area contributed by atoms with Gasteiger partial charge in [0.1, 0.15) is 0 Å². The predicted octanol–water partition coefficient (Wildman–Crippen LogP) is 1.93. The molecule has 0 radical (unpaired) electrons. The molecule has 0 aromatic heterocycles. The molecule has 0 aromatic carbocycles. The third kappa shape index (κ3) is 5.28. The second kappa shape index (κ2) is 8.97. The lowest BCUT2D eigenvalue weighted by Gasteiger charge is -2.17. The Morgan fingerprint density at radius 1 is 1.06 bits per heavy atom. The zero-order valence-corrected chi connectivity index (χ0v) is 10.4. The predicted molar refractivity (Wildman–Crippen MR) is 66.3 cm³/mol. The summed E-state index contributed by atoms with van der Waals surface area (Å²) in [4.78, 5) is 0. The van der Waals surface area contributed by atoms with E-state index in [-0.39, 0.29) is 0 Å². The fourth-order valence-corrected chi connectivity index (χ4v) is 2.55. The Kier molecular flexibility index (Phi) is 7.81. The van der Waals surface area contributed by atoms with E-state index in [4.69, 9.17) is 15.6 Å². The molecule has 1 saturated carbocycles. The number of ether oxygens (including phenoxy) is 1. The van der Waals surface area contributed by atoms with Gasteiger partial charge in [0.05, 0.1) is 0 Å². The molecule has 1 fully saturated rings. The first kappa shape index (κ1) is 13.9. The van der Waals surface area contributed by atoms with Gasteiger partial charge in [0.25, 0.3) is 0 Å². The van der Waals surface area contributed by atoms with Crippen LogP contribution >= 0.6 is 0 Å². The lowest BCUT2D eigenvalue weighted by molar-refractivity contribution is 0.0838. The maximum atomic E-state index is 8.63. The Balaban J connectivity index is 1.90. The summed E-state index contributed by atoms with van der Waals surface area (Å²) in [5.74, 6) is 1.41. The van der Waals surface area contributed by atoms with Crippen molar-refractivity contribution >= 4 is 0 Å². The van der Waals surface area contributed by atoms with E-state index in [2.05, 4.69) is 0 Å². The summed E-state index contributed by atoms with van der Waals surface area (Å²) in [6.45, 7) is 2.92. The largest absolute Gasteiger partial charge is 0.396 e. The molecule has 2 unspecified atom stereocenters. The van der Waals surface area contributed by atoms with Gasteiger partial charge in [-0.3, -0.25) is 0 Å². The molecule has 1 aliphatic carbocycles. The molecule has 0 bridgehead atoms. The van der Waals surface area contributed by atoms with Crippen molar-refractivity contribution in [2.45, 2.75) is 44.9 Å². The first-order valence-electron chi connectivity index (χ1n) is 6.77. The van der Waals surface area contributed by atoms with E-state index in [9.17, 15) is 0 Å². The Labute approximate surface area is 99.4 Å². The number of rotatable bonds is 9. The summed E-state index contributed by atoms with van der Waals surface area (Å²) in [6, 6.07) is 0. The highest BCUT2D eigenvalue weighted by atomic mass is 16.5. The molecule has 2 atom stereocenters. The first-order chi connectivity index (χ1) is 7.88. The van der Waals surface area contributed by atoms with E-state index in [0.29, 0.717) is 18.4 Å². The van der Waals surface area contributed by atoms with E-state index in [1.165, 1.54) is 25.7 Å². The quantitative estimate of drug-likeness (QED) is 0.594. The number of nitrogens with two attached hydrogens (primary N) is 1. The van der Waals surface area contributed by atoms with Crippen LogP contribution in [0.2, 0.25) is 0 Å². The third-order valence-corrected chi connectivity index (χ3v) is 3.65. The Bertz CT molecular complexity index is 164. The summed E-state index contributed by atoms with van der Waals surface area (Å²) in [5, 5.41) is 8.63. The minimum atomic E-state index is 0.321. The topological polar surface area (TPSA) is 55.5 Å². The molecule has 3 N–H and O–H groups in total. The number of aliphatic hydroxyl groups excluding tert-OH is 1. The van der Waals surface area contributed by atoms with Gasteiger partial charge in [-0.1, -0.05) is 19.3 Å². The zero-order valence-electron chi connectivity index (χ0n) is 10.4. The molecule has 3 nitrogen and oxygen atoms in total. The van der Waals surface area contributed by atoms with E-state index in [0.717, 1.165) is 39.0 Å². The molecule has 0 amide bonds. The van der Waals surface area contributed by atoms with Crippen LogP contribution in [0.3, 0.4) is 0 Å². The molecule has 0 aliphatic heterocycles. The minimum absolute atomic E-state index is 0.321. The van der Waals surface area contributed by atoms with Gasteiger partial charge in [0.15, 0.2) is 0 Å². The molecule has 96 valence electrons. The van der Waals surface area contributed by atoms with Gasteiger partial charge in [0, 0.05) is 19.8 Å². The highest BCUT2D eigenvalue weighted by Crippen LogP contribution is 2.30. The fraction of sp³-hybridized carbons (Fsp3) is 1.00. The summed E-state index contributed by atoms with van der Waals surface area (Å²) >= 11 is 0. The highest BCUT2D eigenvalue weighted by Gasteiger charge is 2.25. The van der Waals surface area contributed by atoms with Crippen molar-refractivity contribution in [2.75, 3.05) is 26.4 Å². The SMILES string of the molecule is NCC1CCCC1COCCCCCCO. The summed E-state index contributed by atoms with van der Waals surface area (Å²) in [6.07, 6.45) is 8.26. The van der Waals surface area contributed by atoms with Gasteiger partial charge < -0.3 is 15.6 Å². The van der Waals surface area contributed by atoms with E-state index in [1.54, 1.807) is 0 Å². The van der Waals surface area contributed by atoms with Gasteiger partial charge in [-0.2, -0.15) is 0 Å². The van der Waals surface area contributed by atoms with Crippen molar-refractivity contribution < 1.29 is 9.84 Å². The highest BCUT2D eigenvalue weighted by molar-refractivity contribution is 4.77. The zero-order chi connectivity index (χ0) is 11.6. The van der Waals surface area contributed by atoms with Gasteiger partial charge >= 0.3 is 0 Å². The fourth-order valence-electron chi connectivity index (χ4n) is 2.55. The molecule has 1 rings (SSSR count). The van der Waals surface area contributed by atoms with Gasteiger partial charge in [-0.25, -0.2) is 0 Å². The van der Waals surface area contributed by atoms with Crippen molar-refractivity contribution in [3.05, 3.63) is 0 Å². The Morgan fingerprint density at radius 2 is 1.81 bits per heavy atom. The Hall–Kier alpha value is -0.120. The van der Waals surface area contributed by atoms with Crippen molar-refractivity contribution in [3.8, 4) is 0 Å². The normalized spacial score (nSPS) is 25.1. The van der Waals surface area contributed by atoms with Crippen LogP contribution < -0.4 is 5.73 Å². The smallest absolute Gasteiger partial charge is 0.0497 e. The van der Waals surface area contributed by atoms with Gasteiger partial charge in [-0.15, -0.1) is 0 Å². The molecular weight excluding hydrogens is 202 g/mol. The Morgan fingerprint density at radius 3 is 2.56 bits per heavy atom. The van der Waals surface area contributed by atoms with Crippen LogP contribution in [-0.2, 0) is 4.74 Å². The molecule has 1 aliphatic rings. The van der Waals surface area contributed by atoms with Crippen molar-refractivity contribution in [3.63, 3.8) is 0 Å². The van der Waals surface area contributed by atoms with Crippen LogP contribution in [-0.4, -0.2) is 31.5 Å². The van der Waals surface area contributed by atoms with Gasteiger partial charge in [0.2, 0.25) is 0 Å². The summed E-state index contributed by atoms with van der Waals surface area (Å²) in [7, 11) is 0. The van der Waals surface area contributed by atoms with Crippen LogP contribution in [0, 0.1) is 11.8 Å².